The van der Waals surface area contributed by atoms with Gasteiger partial charge in [-0.3, -0.25) is 0 Å². The summed E-state index contributed by atoms with van der Waals surface area (Å²) in [6.07, 6.45) is -0.0386. The number of ether oxygens (including phenoxy) is 2. The molecule has 0 atom stereocenters. The minimum absolute atomic E-state index is 0.0811. The van der Waals surface area contributed by atoms with Crippen LogP contribution in [0.5, 0.6) is 5.75 Å². The minimum atomic E-state index is -1.27. The summed E-state index contributed by atoms with van der Waals surface area (Å²) >= 11 is 3.57. The number of primary amides is 1. The molecule has 0 aliphatic carbocycles. The molecule has 2 aromatic carbocycles. The van der Waals surface area contributed by atoms with Crippen molar-refractivity contribution < 1.29 is 23.5 Å². The van der Waals surface area contributed by atoms with Crippen molar-refractivity contribution in [1.29, 1.82) is 0 Å². The number of carbonyl (C=O) groups is 2. The van der Waals surface area contributed by atoms with Gasteiger partial charge in [0.05, 0.1) is 16.6 Å². The topological polar surface area (TPSA) is 78.6 Å². The highest BCUT2D eigenvalue weighted by atomic mass is 79.9. The highest BCUT2D eigenvalue weighted by Crippen LogP contribution is 2.45. The summed E-state index contributed by atoms with van der Waals surface area (Å²) in [6.45, 7) is 6.73. The van der Waals surface area contributed by atoms with Crippen LogP contribution in [0.3, 0.4) is 0 Å². The maximum Gasteiger partial charge on any atom is 0.412 e. The molecule has 3 rings (SSSR count). The zero-order chi connectivity index (χ0) is 20.6. The second-order valence-electron chi connectivity index (χ2n) is 7.33. The Bertz CT molecular complexity index is 971. The number of hydrogen-bond donors (Lipinski definition) is 1. The van der Waals surface area contributed by atoms with Gasteiger partial charge in [0.25, 0.3) is 0 Å². The van der Waals surface area contributed by atoms with E-state index < -0.39 is 17.9 Å². The van der Waals surface area contributed by atoms with Gasteiger partial charge in [-0.1, -0.05) is 26.8 Å². The molecule has 28 heavy (non-hydrogen) atoms. The van der Waals surface area contributed by atoms with Crippen LogP contribution in [0.2, 0.25) is 0 Å². The summed E-state index contributed by atoms with van der Waals surface area (Å²) < 4.78 is 26.0. The molecule has 2 aromatic rings. The third-order valence-corrected chi connectivity index (χ3v) is 5.66. The molecule has 148 valence electrons. The van der Waals surface area contributed by atoms with Gasteiger partial charge in [0, 0.05) is 5.56 Å². The van der Waals surface area contributed by atoms with Crippen molar-refractivity contribution in [3.63, 3.8) is 0 Å². The highest BCUT2D eigenvalue weighted by Gasteiger charge is 2.31. The fraction of sp³-hybridized carbons (Fsp3) is 0.333. The second kappa shape index (κ2) is 7.54. The van der Waals surface area contributed by atoms with Gasteiger partial charge in [-0.15, -0.1) is 0 Å². The van der Waals surface area contributed by atoms with Gasteiger partial charge in [0.2, 0.25) is 0 Å². The Labute approximate surface area is 171 Å². The lowest BCUT2D eigenvalue weighted by Crippen LogP contribution is -2.26. The number of benzene rings is 2. The van der Waals surface area contributed by atoms with Crippen molar-refractivity contribution >= 4 is 28.0 Å². The van der Waals surface area contributed by atoms with Crippen LogP contribution in [-0.2, 0) is 16.6 Å². The van der Waals surface area contributed by atoms with E-state index >= 15 is 4.39 Å². The van der Waals surface area contributed by atoms with Crippen molar-refractivity contribution in [2.24, 2.45) is 5.73 Å². The predicted octanol–water partition coefficient (Wildman–Crippen LogP) is 5.11. The fourth-order valence-corrected chi connectivity index (χ4v) is 4.06. The standard InChI is InChI=1S/C21H21BrFNO4/c1-4-12-13(5-6-14(17(12)23)19(25)28-20(24)26)11-9-15-18(16(22)10-11)27-8-7-21(15,2)3/h5-6,9-10H,4,7-8H2,1-3H3,(H2,24,26). The van der Waals surface area contributed by atoms with Crippen LogP contribution in [0.25, 0.3) is 11.1 Å². The maximum atomic E-state index is 15.0. The van der Waals surface area contributed by atoms with Crippen molar-refractivity contribution in [2.75, 3.05) is 6.61 Å². The van der Waals surface area contributed by atoms with Gasteiger partial charge >= 0.3 is 12.1 Å². The summed E-state index contributed by atoms with van der Waals surface area (Å²) in [5, 5.41) is 0. The first kappa shape index (κ1) is 20.3. The van der Waals surface area contributed by atoms with Crippen LogP contribution < -0.4 is 10.5 Å². The smallest absolute Gasteiger partial charge is 0.412 e. The predicted molar refractivity (Wildman–Crippen MR) is 107 cm³/mol. The molecule has 0 fully saturated rings. The van der Waals surface area contributed by atoms with E-state index in [1.54, 1.807) is 13.0 Å². The molecule has 0 radical (unpaired) electrons. The Morgan fingerprint density at radius 2 is 2.04 bits per heavy atom. The molecule has 0 spiro atoms. The lowest BCUT2D eigenvalue weighted by molar-refractivity contribution is 0.0633. The minimum Gasteiger partial charge on any atom is -0.492 e. The number of fused-ring (bicyclic) bond motifs is 1. The SMILES string of the molecule is CCc1c(-c2cc(Br)c3c(c2)C(C)(C)CCO3)ccc(C(=O)OC(N)=O)c1F. The molecule has 1 aliphatic rings. The average molecular weight is 450 g/mol. The van der Waals surface area contributed by atoms with Crippen molar-refractivity contribution in [3.8, 4) is 16.9 Å². The van der Waals surface area contributed by atoms with E-state index in [9.17, 15) is 9.59 Å². The van der Waals surface area contributed by atoms with E-state index in [0.717, 1.165) is 27.8 Å². The molecule has 1 aliphatic heterocycles. The number of carbonyl (C=O) groups excluding carboxylic acids is 2. The largest absolute Gasteiger partial charge is 0.492 e. The third-order valence-electron chi connectivity index (χ3n) is 5.07. The van der Waals surface area contributed by atoms with Crippen LogP contribution in [0.15, 0.2) is 28.7 Å². The van der Waals surface area contributed by atoms with Crippen LogP contribution in [0.1, 0.15) is 48.7 Å². The Balaban J connectivity index is 2.15. The van der Waals surface area contributed by atoms with Gasteiger partial charge in [-0.05, 0) is 69.1 Å². The molecule has 0 bridgehead atoms. The number of amides is 1. The van der Waals surface area contributed by atoms with Gasteiger partial charge < -0.3 is 15.2 Å². The Hall–Kier alpha value is -2.41. The van der Waals surface area contributed by atoms with Crippen LogP contribution in [0.4, 0.5) is 9.18 Å². The number of esters is 1. The van der Waals surface area contributed by atoms with Gasteiger partial charge in [0.15, 0.2) is 0 Å². The summed E-state index contributed by atoms with van der Waals surface area (Å²) in [7, 11) is 0. The molecule has 7 heteroatoms. The number of hydrogen-bond acceptors (Lipinski definition) is 4. The van der Waals surface area contributed by atoms with Crippen molar-refractivity contribution in [3.05, 3.63) is 51.2 Å². The van der Waals surface area contributed by atoms with Gasteiger partial charge in [0.1, 0.15) is 11.6 Å². The Morgan fingerprint density at radius 3 is 2.68 bits per heavy atom. The normalized spacial score (nSPS) is 14.8. The van der Waals surface area contributed by atoms with Gasteiger partial charge in [-0.25, -0.2) is 14.0 Å². The first-order valence-electron chi connectivity index (χ1n) is 8.96. The quantitative estimate of drug-likeness (QED) is 0.521. The summed E-state index contributed by atoms with van der Waals surface area (Å²) in [4.78, 5) is 22.7. The molecule has 0 saturated heterocycles. The third kappa shape index (κ3) is 3.63. The zero-order valence-corrected chi connectivity index (χ0v) is 17.5. The van der Waals surface area contributed by atoms with E-state index in [1.165, 1.54) is 6.07 Å². The van der Waals surface area contributed by atoms with Crippen molar-refractivity contribution in [2.45, 2.75) is 39.0 Å². The monoisotopic (exact) mass is 449 g/mol. The number of rotatable bonds is 3. The van der Waals surface area contributed by atoms with Gasteiger partial charge in [-0.2, -0.15) is 0 Å². The molecule has 1 amide bonds. The fourth-order valence-electron chi connectivity index (χ4n) is 3.48. The second-order valence-corrected chi connectivity index (χ2v) is 8.19. The first-order valence-corrected chi connectivity index (χ1v) is 9.75. The van der Waals surface area contributed by atoms with E-state index in [-0.39, 0.29) is 11.0 Å². The van der Waals surface area contributed by atoms with E-state index in [4.69, 9.17) is 10.5 Å². The summed E-state index contributed by atoms with van der Waals surface area (Å²) in [6, 6.07) is 6.86. The number of nitrogens with two attached hydrogens (primary N) is 1. The zero-order valence-electron chi connectivity index (χ0n) is 15.9. The van der Waals surface area contributed by atoms with Crippen LogP contribution in [0, 0.1) is 5.82 Å². The Kier molecular flexibility index (Phi) is 5.48. The molecule has 0 aromatic heterocycles. The molecule has 1 heterocycles. The molecule has 0 saturated carbocycles. The Morgan fingerprint density at radius 1 is 1.32 bits per heavy atom. The molecular weight excluding hydrogens is 429 g/mol. The first-order chi connectivity index (χ1) is 13.2. The number of halogens is 2. The average Bonchev–Trinajstić information content (AvgIpc) is 2.61. The van der Waals surface area contributed by atoms with E-state index in [2.05, 4.69) is 34.5 Å². The van der Waals surface area contributed by atoms with Crippen molar-refractivity contribution in [1.82, 2.24) is 0 Å². The summed E-state index contributed by atoms with van der Waals surface area (Å²) in [5.74, 6) is -1.01. The molecule has 2 N–H and O–H groups in total. The van der Waals surface area contributed by atoms with Crippen LogP contribution in [-0.4, -0.2) is 18.7 Å². The van der Waals surface area contributed by atoms with E-state index in [1.807, 2.05) is 12.1 Å². The van der Waals surface area contributed by atoms with E-state index in [0.29, 0.717) is 24.2 Å². The maximum absolute atomic E-state index is 15.0. The van der Waals surface area contributed by atoms with Crippen LogP contribution >= 0.6 is 15.9 Å². The highest BCUT2D eigenvalue weighted by molar-refractivity contribution is 9.10. The summed E-state index contributed by atoms with van der Waals surface area (Å²) in [5.41, 5.74) is 7.34. The lowest BCUT2D eigenvalue weighted by Gasteiger charge is -2.33. The molecular formula is C21H21BrFNO4. The molecule has 0 unspecified atom stereocenters. The lowest BCUT2D eigenvalue weighted by atomic mass is 9.78. The molecule has 5 nitrogen and oxygen atoms in total.